The van der Waals surface area contributed by atoms with Gasteiger partial charge in [-0.05, 0) is 42.5 Å². The maximum absolute atomic E-state index is 12.5. The average molecular weight is 342 g/mol. The number of anilines is 1. The van der Waals surface area contributed by atoms with Crippen molar-refractivity contribution in [3.63, 3.8) is 0 Å². The topological polar surface area (TPSA) is 76.9 Å². The SMILES string of the molecule is O=C(Nc1ccc2ncccc2c1)c1ccc(=O)n(-c2ccccc2)n1. The number of nitrogens with zero attached hydrogens (tertiary/aromatic N) is 3. The number of pyridine rings is 1. The van der Waals surface area contributed by atoms with E-state index in [2.05, 4.69) is 15.4 Å². The van der Waals surface area contributed by atoms with Crippen LogP contribution in [-0.4, -0.2) is 20.7 Å². The Morgan fingerprint density at radius 2 is 1.77 bits per heavy atom. The molecular weight excluding hydrogens is 328 g/mol. The molecule has 0 spiro atoms. The summed E-state index contributed by atoms with van der Waals surface area (Å²) in [6, 6.07) is 20.9. The fourth-order valence-corrected chi connectivity index (χ4v) is 2.63. The molecule has 0 saturated carbocycles. The molecule has 2 aromatic heterocycles. The van der Waals surface area contributed by atoms with Crippen LogP contribution in [0, 0.1) is 0 Å². The molecule has 0 unspecified atom stereocenters. The van der Waals surface area contributed by atoms with Crippen LogP contribution in [0.4, 0.5) is 5.69 Å². The molecule has 2 aromatic carbocycles. The lowest BCUT2D eigenvalue weighted by Gasteiger charge is -2.08. The quantitative estimate of drug-likeness (QED) is 0.621. The van der Waals surface area contributed by atoms with E-state index in [9.17, 15) is 9.59 Å². The lowest BCUT2D eigenvalue weighted by Crippen LogP contribution is -2.24. The Kier molecular flexibility index (Phi) is 3.99. The third kappa shape index (κ3) is 3.08. The first-order valence-corrected chi connectivity index (χ1v) is 8.03. The number of rotatable bonds is 3. The molecule has 0 saturated heterocycles. The van der Waals surface area contributed by atoms with E-state index < -0.39 is 5.91 Å². The Balaban J connectivity index is 1.64. The number of benzene rings is 2. The minimum Gasteiger partial charge on any atom is -0.321 e. The third-order valence-corrected chi connectivity index (χ3v) is 3.89. The van der Waals surface area contributed by atoms with Crippen LogP contribution >= 0.6 is 0 Å². The molecule has 1 N–H and O–H groups in total. The number of hydrogen-bond acceptors (Lipinski definition) is 4. The van der Waals surface area contributed by atoms with Crippen LogP contribution in [-0.2, 0) is 0 Å². The second kappa shape index (κ2) is 6.60. The highest BCUT2D eigenvalue weighted by molar-refractivity contribution is 6.03. The molecule has 0 bridgehead atoms. The molecule has 4 rings (SSSR count). The number of carbonyl (C=O) groups is 1. The molecule has 126 valence electrons. The largest absolute Gasteiger partial charge is 0.321 e. The number of hydrogen-bond donors (Lipinski definition) is 1. The number of aromatic nitrogens is 3. The van der Waals surface area contributed by atoms with Crippen LogP contribution in [0.15, 0.2) is 83.8 Å². The predicted molar refractivity (Wildman–Crippen MR) is 99.5 cm³/mol. The highest BCUT2D eigenvalue weighted by Crippen LogP contribution is 2.17. The van der Waals surface area contributed by atoms with Crippen molar-refractivity contribution in [3.05, 3.63) is 95.0 Å². The fraction of sp³-hybridized carbons (Fsp3) is 0. The second-order valence-corrected chi connectivity index (χ2v) is 5.67. The van der Waals surface area contributed by atoms with E-state index >= 15 is 0 Å². The summed E-state index contributed by atoms with van der Waals surface area (Å²) in [5.41, 5.74) is 1.93. The van der Waals surface area contributed by atoms with E-state index in [4.69, 9.17) is 0 Å². The molecule has 0 fully saturated rings. The Morgan fingerprint density at radius 1 is 0.923 bits per heavy atom. The molecule has 6 heteroatoms. The van der Waals surface area contributed by atoms with Gasteiger partial charge in [0, 0.05) is 23.3 Å². The average Bonchev–Trinajstić information content (AvgIpc) is 2.69. The summed E-state index contributed by atoms with van der Waals surface area (Å²) in [4.78, 5) is 28.9. The molecule has 0 aliphatic heterocycles. The summed E-state index contributed by atoms with van der Waals surface area (Å²) < 4.78 is 1.21. The van der Waals surface area contributed by atoms with Crippen molar-refractivity contribution in [1.29, 1.82) is 0 Å². The fourth-order valence-electron chi connectivity index (χ4n) is 2.63. The van der Waals surface area contributed by atoms with E-state index in [1.807, 2.05) is 30.3 Å². The van der Waals surface area contributed by atoms with Gasteiger partial charge in [0.25, 0.3) is 11.5 Å². The molecule has 0 aliphatic carbocycles. The molecule has 2 heterocycles. The van der Waals surface area contributed by atoms with Gasteiger partial charge in [-0.25, -0.2) is 0 Å². The Bertz CT molecular complexity index is 1150. The molecule has 0 aliphatic rings. The van der Waals surface area contributed by atoms with Crippen molar-refractivity contribution in [2.45, 2.75) is 0 Å². The molecule has 0 atom stereocenters. The Hall–Kier alpha value is -3.80. The summed E-state index contributed by atoms with van der Waals surface area (Å²) >= 11 is 0. The minimum atomic E-state index is -0.391. The molecule has 4 aromatic rings. The number of carbonyl (C=O) groups excluding carboxylic acids is 1. The van der Waals surface area contributed by atoms with Crippen molar-refractivity contribution >= 4 is 22.5 Å². The molecule has 6 nitrogen and oxygen atoms in total. The summed E-state index contributed by atoms with van der Waals surface area (Å²) in [6.45, 7) is 0. The first-order chi connectivity index (χ1) is 12.7. The van der Waals surface area contributed by atoms with E-state index in [1.54, 1.807) is 36.5 Å². The first-order valence-electron chi connectivity index (χ1n) is 8.03. The van der Waals surface area contributed by atoms with Crippen LogP contribution in [0.25, 0.3) is 16.6 Å². The maximum Gasteiger partial charge on any atom is 0.276 e. The third-order valence-electron chi connectivity index (χ3n) is 3.89. The van der Waals surface area contributed by atoms with Crippen LogP contribution < -0.4 is 10.9 Å². The van der Waals surface area contributed by atoms with Gasteiger partial charge in [0.05, 0.1) is 11.2 Å². The monoisotopic (exact) mass is 342 g/mol. The zero-order chi connectivity index (χ0) is 17.9. The standard InChI is InChI=1S/C20H14N4O2/c25-19-11-10-18(23-24(19)16-6-2-1-3-7-16)20(26)22-15-8-9-17-14(13-15)5-4-12-21-17/h1-13H,(H,22,26). The van der Waals surface area contributed by atoms with Crippen LogP contribution in [0.5, 0.6) is 0 Å². The maximum atomic E-state index is 12.5. The summed E-state index contributed by atoms with van der Waals surface area (Å²) in [7, 11) is 0. The number of amides is 1. The normalized spacial score (nSPS) is 10.6. The van der Waals surface area contributed by atoms with Crippen LogP contribution in [0.3, 0.4) is 0 Å². The zero-order valence-electron chi connectivity index (χ0n) is 13.7. The summed E-state index contributed by atoms with van der Waals surface area (Å²) in [5, 5.41) is 7.91. The lowest BCUT2D eigenvalue weighted by molar-refractivity contribution is 0.102. The van der Waals surface area contributed by atoms with Gasteiger partial charge < -0.3 is 5.32 Å². The number of para-hydroxylation sites is 1. The van der Waals surface area contributed by atoms with Crippen molar-refractivity contribution in [2.24, 2.45) is 0 Å². The van der Waals surface area contributed by atoms with Gasteiger partial charge in [-0.15, -0.1) is 0 Å². The highest BCUT2D eigenvalue weighted by atomic mass is 16.2. The highest BCUT2D eigenvalue weighted by Gasteiger charge is 2.11. The Morgan fingerprint density at radius 3 is 2.62 bits per heavy atom. The Labute approximate surface area is 148 Å². The van der Waals surface area contributed by atoms with E-state index in [0.29, 0.717) is 11.4 Å². The van der Waals surface area contributed by atoms with Crippen molar-refractivity contribution in [1.82, 2.24) is 14.8 Å². The summed E-state index contributed by atoms with van der Waals surface area (Å²) in [6.07, 6.45) is 1.72. The number of fused-ring (bicyclic) bond motifs is 1. The molecule has 26 heavy (non-hydrogen) atoms. The van der Waals surface area contributed by atoms with E-state index in [0.717, 1.165) is 10.9 Å². The van der Waals surface area contributed by atoms with Crippen molar-refractivity contribution in [2.75, 3.05) is 5.32 Å². The van der Waals surface area contributed by atoms with E-state index in [-0.39, 0.29) is 11.3 Å². The summed E-state index contributed by atoms with van der Waals surface area (Å²) in [5.74, 6) is -0.391. The van der Waals surface area contributed by atoms with Gasteiger partial charge in [0.15, 0.2) is 0 Å². The van der Waals surface area contributed by atoms with Gasteiger partial charge in [0.1, 0.15) is 5.69 Å². The molecular formula is C20H14N4O2. The van der Waals surface area contributed by atoms with Gasteiger partial charge in [0.2, 0.25) is 0 Å². The van der Waals surface area contributed by atoms with Gasteiger partial charge in [-0.3, -0.25) is 14.6 Å². The van der Waals surface area contributed by atoms with Gasteiger partial charge >= 0.3 is 0 Å². The zero-order valence-corrected chi connectivity index (χ0v) is 13.7. The van der Waals surface area contributed by atoms with Crippen LogP contribution in [0.2, 0.25) is 0 Å². The lowest BCUT2D eigenvalue weighted by atomic mass is 10.2. The van der Waals surface area contributed by atoms with Crippen molar-refractivity contribution in [3.8, 4) is 5.69 Å². The minimum absolute atomic E-state index is 0.153. The van der Waals surface area contributed by atoms with Crippen LogP contribution in [0.1, 0.15) is 10.5 Å². The van der Waals surface area contributed by atoms with Gasteiger partial charge in [-0.2, -0.15) is 9.78 Å². The van der Waals surface area contributed by atoms with E-state index in [1.165, 1.54) is 16.8 Å². The smallest absolute Gasteiger partial charge is 0.276 e. The van der Waals surface area contributed by atoms with Crippen molar-refractivity contribution < 1.29 is 4.79 Å². The predicted octanol–water partition coefficient (Wildman–Crippen LogP) is 3.03. The first kappa shape index (κ1) is 15.7. The van der Waals surface area contributed by atoms with Gasteiger partial charge in [-0.1, -0.05) is 24.3 Å². The molecule has 1 amide bonds. The number of nitrogens with one attached hydrogen (secondary N) is 1. The molecule has 0 radical (unpaired) electrons. The second-order valence-electron chi connectivity index (χ2n) is 5.67.